The zero-order valence-electron chi connectivity index (χ0n) is 17.4. The smallest absolute Gasteiger partial charge is 0.338 e. The number of carboxylic acids is 1. The molecule has 0 spiro atoms. The third kappa shape index (κ3) is 3.63. The molecule has 4 aromatic carbocycles. The third-order valence-corrected chi connectivity index (χ3v) is 6.46. The molecule has 0 aliphatic carbocycles. The average molecular weight is 476 g/mol. The summed E-state index contributed by atoms with van der Waals surface area (Å²) in [6, 6.07) is 13.9. The first-order valence-electron chi connectivity index (χ1n) is 9.61. The van der Waals surface area contributed by atoms with Crippen molar-refractivity contribution in [3.63, 3.8) is 0 Å². The van der Waals surface area contributed by atoms with Crippen molar-refractivity contribution in [2.45, 2.75) is 4.90 Å². The van der Waals surface area contributed by atoms with Crippen molar-refractivity contribution in [3.8, 4) is 0 Å². The Kier molecular flexibility index (Phi) is 5.75. The van der Waals surface area contributed by atoms with E-state index in [4.69, 9.17) is 5.90 Å². The van der Waals surface area contributed by atoms with Gasteiger partial charge in [0.2, 0.25) is 0 Å². The van der Waals surface area contributed by atoms with Crippen LogP contribution in [0.1, 0.15) is 10.4 Å². The van der Waals surface area contributed by atoms with Crippen LogP contribution < -0.4 is 16.3 Å². The van der Waals surface area contributed by atoms with E-state index in [0.29, 0.717) is 26.6 Å². The molecule has 0 saturated carbocycles. The zero-order chi connectivity index (χ0) is 24.6. The number of aromatic carboxylic acids is 1. The number of hydrogen-bond donors (Lipinski definition) is 2. The van der Waals surface area contributed by atoms with E-state index < -0.39 is 26.7 Å². The summed E-state index contributed by atoms with van der Waals surface area (Å²) in [5.41, 5.74) is -1.19. The Balaban J connectivity index is 2.13. The number of nitrogens with two attached hydrogens (primary N) is 1. The monoisotopic (exact) mass is 476 g/mol. The number of azo groups is 1. The van der Waals surface area contributed by atoms with Gasteiger partial charge >= 0.3 is 16.1 Å². The van der Waals surface area contributed by atoms with Crippen molar-refractivity contribution >= 4 is 67.9 Å². The first kappa shape index (κ1) is 22.9. The van der Waals surface area contributed by atoms with Crippen LogP contribution in [-0.4, -0.2) is 19.5 Å². The quantitative estimate of drug-likeness (QED) is 0.185. The van der Waals surface area contributed by atoms with Gasteiger partial charge in [-0.25, -0.2) is 4.79 Å². The fourth-order valence-corrected chi connectivity index (χ4v) is 4.47. The van der Waals surface area contributed by atoms with Crippen LogP contribution in [-0.2, 0) is 14.4 Å². The highest BCUT2D eigenvalue weighted by molar-refractivity contribution is 7.86. The highest BCUT2D eigenvalue weighted by Crippen LogP contribution is 2.36. The number of carboxylic acid groups (broad SMARTS) is 1. The van der Waals surface area contributed by atoms with E-state index >= 15 is 0 Å². The van der Waals surface area contributed by atoms with Crippen LogP contribution in [0.2, 0.25) is 0 Å². The number of fused-ring (bicyclic) bond motifs is 2. The van der Waals surface area contributed by atoms with Gasteiger partial charge in [-0.05, 0) is 50.0 Å². The third-order valence-electron chi connectivity index (χ3n) is 5.34. The van der Waals surface area contributed by atoms with Crippen LogP contribution in [0.25, 0.3) is 34.7 Å². The largest absolute Gasteiger partial charge is 0.478 e. The fraction of sp³-hybridized carbons (Fsp3) is 0. The lowest BCUT2D eigenvalue weighted by Gasteiger charge is -2.11. The van der Waals surface area contributed by atoms with Crippen molar-refractivity contribution in [2.24, 2.45) is 21.3 Å². The molecule has 4 aromatic rings. The average Bonchev–Trinajstić information content (AvgIpc) is 2.84. The Labute approximate surface area is 192 Å². The lowest BCUT2D eigenvalue weighted by molar-refractivity contribution is 0.0698. The molecule has 0 bridgehead atoms. The maximum Gasteiger partial charge on any atom is 0.338 e. The van der Waals surface area contributed by atoms with Gasteiger partial charge in [-0.15, -0.1) is 15.1 Å². The van der Waals surface area contributed by atoms with Gasteiger partial charge in [0, 0.05) is 5.39 Å². The Morgan fingerprint density at radius 2 is 1.56 bits per heavy atom. The number of nitroso groups, excluding NO2 is 1. The number of rotatable bonds is 6. The minimum Gasteiger partial charge on any atom is -0.478 e. The van der Waals surface area contributed by atoms with Gasteiger partial charge in [0.05, 0.1) is 5.56 Å². The van der Waals surface area contributed by atoms with E-state index in [9.17, 15) is 23.2 Å². The maximum absolute atomic E-state index is 12.6. The van der Waals surface area contributed by atoms with Crippen molar-refractivity contribution in [2.75, 3.05) is 0 Å². The molecule has 4 rings (SSSR count). The highest BCUT2D eigenvalue weighted by atomic mass is 32.2. The summed E-state index contributed by atoms with van der Waals surface area (Å²) < 4.78 is 29.4. The molecule has 170 valence electrons. The van der Waals surface area contributed by atoms with Crippen molar-refractivity contribution in [1.29, 1.82) is 0 Å². The first-order chi connectivity index (χ1) is 16.2. The van der Waals surface area contributed by atoms with E-state index in [-0.39, 0.29) is 16.9 Å². The van der Waals surface area contributed by atoms with Crippen molar-refractivity contribution in [3.05, 3.63) is 75.5 Å². The molecule has 0 atom stereocenters. The minimum atomic E-state index is -4.45. The second-order valence-corrected chi connectivity index (χ2v) is 8.70. The summed E-state index contributed by atoms with van der Waals surface area (Å²) in [7, 11) is -4.45. The number of nitrogens with zero attached hydrogens (tertiary/aromatic N) is 3. The van der Waals surface area contributed by atoms with Gasteiger partial charge in [-0.2, -0.15) is 18.6 Å². The SMILES string of the molecule is C=c1c2ccccc2c(=C)c2c(/N=N/c3cccc(C(=O)O)c3N=O)c(S(=O)(=O)ON)ccc12. The molecule has 0 aliphatic rings. The molecule has 0 fully saturated rings. The molecule has 34 heavy (non-hydrogen) atoms. The molecule has 11 heteroatoms. The van der Waals surface area contributed by atoms with E-state index in [2.05, 4.69) is 32.8 Å². The van der Waals surface area contributed by atoms with E-state index in [1.165, 1.54) is 30.3 Å². The number of carbonyl (C=O) groups is 1. The summed E-state index contributed by atoms with van der Waals surface area (Å²) in [5.74, 6) is 3.62. The normalized spacial score (nSPS) is 11.9. The molecule has 0 saturated heterocycles. The Hall–Kier alpha value is -4.32. The summed E-state index contributed by atoms with van der Waals surface area (Å²) in [4.78, 5) is 22.3. The molecule has 0 aromatic heterocycles. The van der Waals surface area contributed by atoms with E-state index in [1.807, 2.05) is 12.1 Å². The Morgan fingerprint density at radius 1 is 0.882 bits per heavy atom. The topological polar surface area (TPSA) is 161 Å². The molecule has 10 nitrogen and oxygen atoms in total. The number of benzene rings is 4. The van der Waals surface area contributed by atoms with E-state index in [1.54, 1.807) is 12.1 Å². The predicted octanol–water partition coefficient (Wildman–Crippen LogP) is 3.90. The minimum absolute atomic E-state index is 0.166. The van der Waals surface area contributed by atoms with Crippen LogP contribution >= 0.6 is 0 Å². The maximum atomic E-state index is 12.6. The highest BCUT2D eigenvalue weighted by Gasteiger charge is 2.23. The van der Waals surface area contributed by atoms with Crippen LogP contribution in [0.5, 0.6) is 0 Å². The second kappa shape index (κ2) is 8.56. The Morgan fingerprint density at radius 3 is 2.18 bits per heavy atom. The van der Waals surface area contributed by atoms with Gasteiger partial charge in [-0.3, -0.25) is 0 Å². The second-order valence-electron chi connectivity index (χ2n) is 7.16. The Bertz CT molecular complexity index is 1750. The van der Waals surface area contributed by atoms with Crippen molar-refractivity contribution < 1.29 is 22.6 Å². The van der Waals surface area contributed by atoms with Gasteiger partial charge in [0.15, 0.2) is 0 Å². The summed E-state index contributed by atoms with van der Waals surface area (Å²) >= 11 is 0. The molecule has 0 unspecified atom stereocenters. The van der Waals surface area contributed by atoms with Gasteiger partial charge < -0.3 is 5.11 Å². The summed E-state index contributed by atoms with van der Waals surface area (Å²) in [6.45, 7) is 8.23. The summed E-state index contributed by atoms with van der Waals surface area (Å²) in [6.07, 6.45) is 0. The standard InChI is InChI=1S/C23H16N4O6S/c1-12-14-6-3-4-7-15(14)13(2)20-16(12)10-11-19(34(31,32)33-24)22(20)26-25-18-9-5-8-17(23(28)29)21(18)27-30/h3-11H,1-2,24H2,(H,28,29)/b26-25+. The lowest BCUT2D eigenvalue weighted by Crippen LogP contribution is -2.16. The molecule has 0 radical (unpaired) electrons. The zero-order valence-corrected chi connectivity index (χ0v) is 18.2. The van der Waals surface area contributed by atoms with Gasteiger partial charge in [0.1, 0.15) is 22.0 Å². The fourth-order valence-electron chi connectivity index (χ4n) is 3.76. The number of hydrogen-bond acceptors (Lipinski definition) is 9. The molecule has 0 aliphatic heterocycles. The molecule has 0 amide bonds. The molecular weight excluding hydrogens is 460 g/mol. The van der Waals surface area contributed by atoms with Crippen LogP contribution in [0.15, 0.2) is 74.9 Å². The predicted molar refractivity (Wildman–Crippen MR) is 127 cm³/mol. The van der Waals surface area contributed by atoms with Crippen LogP contribution in [0.3, 0.4) is 0 Å². The van der Waals surface area contributed by atoms with Crippen LogP contribution in [0, 0.1) is 4.91 Å². The van der Waals surface area contributed by atoms with Gasteiger partial charge in [-0.1, -0.05) is 49.6 Å². The van der Waals surface area contributed by atoms with Gasteiger partial charge in [0.25, 0.3) is 0 Å². The summed E-state index contributed by atoms with van der Waals surface area (Å²) in [5, 5.41) is 23.6. The molecule has 0 heterocycles. The first-order valence-corrected chi connectivity index (χ1v) is 11.0. The van der Waals surface area contributed by atoms with Crippen molar-refractivity contribution in [1.82, 2.24) is 0 Å². The van der Waals surface area contributed by atoms with E-state index in [0.717, 1.165) is 5.39 Å². The molecule has 3 N–H and O–H groups in total. The van der Waals surface area contributed by atoms with Crippen LogP contribution in [0.4, 0.5) is 17.1 Å². The lowest BCUT2D eigenvalue weighted by atomic mass is 9.98. The molecular formula is C23H16N4O6S.